The Morgan fingerprint density at radius 1 is 1.38 bits per heavy atom. The minimum Gasteiger partial charge on any atom is -0.480 e. The number of aliphatic carboxylic acids is 1. The highest BCUT2D eigenvalue weighted by Crippen LogP contribution is 2.28. The van der Waals surface area contributed by atoms with Gasteiger partial charge in [-0.2, -0.15) is 0 Å². The summed E-state index contributed by atoms with van der Waals surface area (Å²) in [5.74, 6) is -2.32. The molecule has 2 rings (SSSR count). The molecule has 1 aliphatic rings. The third-order valence-electron chi connectivity index (χ3n) is 4.09. The van der Waals surface area contributed by atoms with Gasteiger partial charge in [-0.3, -0.25) is 9.59 Å². The summed E-state index contributed by atoms with van der Waals surface area (Å²) in [4.78, 5) is 38.5. The molecule has 1 fully saturated rings. The van der Waals surface area contributed by atoms with Crippen molar-refractivity contribution in [1.82, 2.24) is 5.32 Å². The number of thioether (sulfide) groups is 1. The lowest BCUT2D eigenvalue weighted by Gasteiger charge is -2.21. The number of benzene rings is 1. The fraction of sp³-hybridized carbons (Fsp3) is 0.471. The first-order valence-electron chi connectivity index (χ1n) is 7.81. The smallest absolute Gasteiger partial charge is 0.326 e. The lowest BCUT2D eigenvalue weighted by atomic mass is 10.0. The van der Waals surface area contributed by atoms with Crippen molar-refractivity contribution in [2.75, 3.05) is 17.7 Å². The topological polar surface area (TPSA) is 86.7 Å². The van der Waals surface area contributed by atoms with E-state index in [1.165, 1.54) is 0 Å². The predicted molar refractivity (Wildman–Crippen MR) is 93.1 cm³/mol. The van der Waals surface area contributed by atoms with Gasteiger partial charge in [0.15, 0.2) is 0 Å². The molecule has 0 bridgehead atoms. The van der Waals surface area contributed by atoms with Gasteiger partial charge < -0.3 is 15.3 Å². The first kappa shape index (κ1) is 18.3. The second-order valence-electron chi connectivity index (χ2n) is 6.18. The van der Waals surface area contributed by atoms with E-state index in [-0.39, 0.29) is 30.7 Å². The fourth-order valence-corrected chi connectivity index (χ4v) is 3.15. The van der Waals surface area contributed by atoms with Crippen LogP contribution in [0.5, 0.6) is 0 Å². The van der Waals surface area contributed by atoms with Crippen LogP contribution in [0.4, 0.5) is 5.69 Å². The van der Waals surface area contributed by atoms with Crippen molar-refractivity contribution >= 4 is 35.2 Å². The minimum atomic E-state index is -1.06. The highest BCUT2D eigenvalue weighted by molar-refractivity contribution is 7.98. The third-order valence-corrected chi connectivity index (χ3v) is 4.82. The monoisotopic (exact) mass is 350 g/mol. The van der Waals surface area contributed by atoms with Gasteiger partial charge >= 0.3 is 5.97 Å². The summed E-state index contributed by atoms with van der Waals surface area (Å²) in [6.07, 6.45) is 2.05. The van der Waals surface area contributed by atoms with E-state index in [2.05, 4.69) is 5.32 Å². The SMILES string of the molecule is CSc1cccc(N2CC(C(=O)N[C@H](C(=O)O)C(C)C)CC2=O)c1. The molecule has 1 aliphatic heterocycles. The molecule has 6 nitrogen and oxygen atoms in total. The van der Waals surface area contributed by atoms with Crippen LogP contribution in [0.2, 0.25) is 0 Å². The van der Waals surface area contributed by atoms with Gasteiger partial charge in [0.05, 0.1) is 5.92 Å². The first-order chi connectivity index (χ1) is 11.3. The number of carboxylic acid groups (broad SMARTS) is 1. The van der Waals surface area contributed by atoms with Crippen molar-refractivity contribution in [3.8, 4) is 0 Å². The predicted octanol–water partition coefficient (Wildman–Crippen LogP) is 1.99. The van der Waals surface area contributed by atoms with E-state index in [1.807, 2.05) is 30.5 Å². The average Bonchev–Trinajstić information content (AvgIpc) is 2.93. The zero-order valence-corrected chi connectivity index (χ0v) is 14.8. The van der Waals surface area contributed by atoms with Crippen molar-refractivity contribution in [2.24, 2.45) is 11.8 Å². The fourth-order valence-electron chi connectivity index (χ4n) is 2.70. The molecule has 1 aromatic rings. The molecule has 130 valence electrons. The molecular formula is C17H22N2O4S. The van der Waals surface area contributed by atoms with E-state index in [9.17, 15) is 19.5 Å². The highest BCUT2D eigenvalue weighted by atomic mass is 32.2. The maximum Gasteiger partial charge on any atom is 0.326 e. The number of nitrogens with one attached hydrogen (secondary N) is 1. The van der Waals surface area contributed by atoms with Gasteiger partial charge in [0, 0.05) is 23.5 Å². The Bertz CT molecular complexity index is 647. The van der Waals surface area contributed by atoms with Crippen LogP contribution < -0.4 is 10.2 Å². The summed E-state index contributed by atoms with van der Waals surface area (Å²) < 4.78 is 0. The van der Waals surface area contributed by atoms with E-state index < -0.39 is 17.9 Å². The third kappa shape index (κ3) is 4.08. The van der Waals surface area contributed by atoms with Crippen molar-refractivity contribution < 1.29 is 19.5 Å². The number of anilines is 1. The Morgan fingerprint density at radius 2 is 2.08 bits per heavy atom. The number of nitrogens with zero attached hydrogens (tertiary/aromatic N) is 1. The lowest BCUT2D eigenvalue weighted by Crippen LogP contribution is -2.47. The quantitative estimate of drug-likeness (QED) is 0.766. The molecule has 2 amide bonds. The Morgan fingerprint density at radius 3 is 2.67 bits per heavy atom. The number of hydrogen-bond donors (Lipinski definition) is 2. The van der Waals surface area contributed by atoms with E-state index in [0.29, 0.717) is 0 Å². The molecule has 0 spiro atoms. The van der Waals surface area contributed by atoms with Gasteiger partial charge in [-0.25, -0.2) is 4.79 Å². The Labute approximate surface area is 145 Å². The van der Waals surface area contributed by atoms with Gasteiger partial charge in [0.25, 0.3) is 0 Å². The molecular weight excluding hydrogens is 328 g/mol. The average molecular weight is 350 g/mol. The number of carboxylic acids is 1. The van der Waals surface area contributed by atoms with Crippen LogP contribution in [0.3, 0.4) is 0 Å². The van der Waals surface area contributed by atoms with Crippen LogP contribution in [0.1, 0.15) is 20.3 Å². The van der Waals surface area contributed by atoms with Crippen molar-refractivity contribution in [3.05, 3.63) is 24.3 Å². The summed E-state index contributed by atoms with van der Waals surface area (Å²) in [7, 11) is 0. The number of rotatable bonds is 6. The van der Waals surface area contributed by atoms with E-state index in [0.717, 1.165) is 10.6 Å². The molecule has 7 heteroatoms. The summed E-state index contributed by atoms with van der Waals surface area (Å²) in [6.45, 7) is 3.74. The van der Waals surface area contributed by atoms with Gasteiger partial charge in [0.1, 0.15) is 6.04 Å². The number of amides is 2. The van der Waals surface area contributed by atoms with Crippen LogP contribution in [0, 0.1) is 11.8 Å². The Hall–Kier alpha value is -2.02. The number of carbonyl (C=O) groups excluding carboxylic acids is 2. The highest BCUT2D eigenvalue weighted by Gasteiger charge is 2.37. The minimum absolute atomic E-state index is 0.0970. The molecule has 1 heterocycles. The molecule has 0 saturated carbocycles. The van der Waals surface area contributed by atoms with Crippen LogP contribution in [0.15, 0.2) is 29.2 Å². The largest absolute Gasteiger partial charge is 0.480 e. The normalized spacial score (nSPS) is 18.8. The molecule has 1 unspecified atom stereocenters. The second kappa shape index (κ2) is 7.70. The molecule has 0 aliphatic carbocycles. The Balaban J connectivity index is 2.08. The van der Waals surface area contributed by atoms with Crippen LogP contribution in [-0.4, -0.2) is 41.7 Å². The molecule has 1 saturated heterocycles. The summed E-state index contributed by atoms with van der Waals surface area (Å²) >= 11 is 1.58. The summed E-state index contributed by atoms with van der Waals surface area (Å²) in [6, 6.07) is 6.64. The maximum absolute atomic E-state index is 12.4. The van der Waals surface area contributed by atoms with Crippen molar-refractivity contribution in [2.45, 2.75) is 31.2 Å². The van der Waals surface area contributed by atoms with Crippen molar-refractivity contribution in [3.63, 3.8) is 0 Å². The van der Waals surface area contributed by atoms with Crippen molar-refractivity contribution in [1.29, 1.82) is 0 Å². The van der Waals surface area contributed by atoms with Crippen LogP contribution in [-0.2, 0) is 14.4 Å². The molecule has 2 atom stereocenters. The standard InChI is InChI=1S/C17H22N2O4S/c1-10(2)15(17(22)23)18-16(21)11-7-14(20)19(9-11)12-5-4-6-13(8-12)24-3/h4-6,8,10-11,15H,7,9H2,1-3H3,(H,18,21)(H,22,23)/t11?,15-/m0/s1. The molecule has 1 aromatic carbocycles. The number of carbonyl (C=O) groups is 3. The van der Waals surface area contributed by atoms with Gasteiger partial charge in [-0.15, -0.1) is 11.8 Å². The number of hydrogen-bond acceptors (Lipinski definition) is 4. The summed E-state index contributed by atoms with van der Waals surface area (Å²) in [5.41, 5.74) is 0.765. The molecule has 0 radical (unpaired) electrons. The van der Waals surface area contributed by atoms with Gasteiger partial charge in [0.2, 0.25) is 11.8 Å². The second-order valence-corrected chi connectivity index (χ2v) is 7.06. The zero-order valence-electron chi connectivity index (χ0n) is 14.0. The van der Waals surface area contributed by atoms with E-state index in [1.54, 1.807) is 30.5 Å². The zero-order chi connectivity index (χ0) is 17.9. The summed E-state index contributed by atoms with van der Waals surface area (Å²) in [5, 5.41) is 11.7. The van der Waals surface area contributed by atoms with E-state index in [4.69, 9.17) is 0 Å². The molecule has 2 N–H and O–H groups in total. The Kier molecular flexibility index (Phi) is 5.88. The van der Waals surface area contributed by atoms with Crippen LogP contribution in [0.25, 0.3) is 0 Å². The molecule has 24 heavy (non-hydrogen) atoms. The lowest BCUT2D eigenvalue weighted by molar-refractivity contribution is -0.143. The first-order valence-corrected chi connectivity index (χ1v) is 9.03. The van der Waals surface area contributed by atoms with Crippen LogP contribution >= 0.6 is 11.8 Å². The van der Waals surface area contributed by atoms with Gasteiger partial charge in [-0.1, -0.05) is 19.9 Å². The molecule has 0 aromatic heterocycles. The maximum atomic E-state index is 12.4. The van der Waals surface area contributed by atoms with E-state index >= 15 is 0 Å². The van der Waals surface area contributed by atoms with Gasteiger partial charge in [-0.05, 0) is 30.4 Å².